The lowest BCUT2D eigenvalue weighted by Crippen LogP contribution is -2.43. The monoisotopic (exact) mass is 505 g/mol. The van der Waals surface area contributed by atoms with E-state index in [1.54, 1.807) is 25.4 Å². The number of benzene rings is 2. The molecular weight excluding hydrogens is 478 g/mol. The molecule has 0 aliphatic carbocycles. The van der Waals surface area contributed by atoms with Crippen molar-refractivity contribution in [2.75, 3.05) is 45.6 Å². The highest BCUT2D eigenvalue weighted by Crippen LogP contribution is 2.28. The van der Waals surface area contributed by atoms with E-state index in [1.165, 1.54) is 0 Å². The van der Waals surface area contributed by atoms with E-state index in [4.69, 9.17) is 16.3 Å². The van der Waals surface area contributed by atoms with Gasteiger partial charge in [-0.2, -0.15) is 0 Å². The minimum absolute atomic E-state index is 0.271. The molecule has 2 aromatic heterocycles. The van der Waals surface area contributed by atoms with E-state index in [0.29, 0.717) is 17.4 Å². The van der Waals surface area contributed by atoms with Gasteiger partial charge in [-0.15, -0.1) is 0 Å². The minimum Gasteiger partial charge on any atom is -0.457 e. The summed E-state index contributed by atoms with van der Waals surface area (Å²) in [6.07, 6.45) is 1.54. The molecule has 1 aliphatic rings. The standard InChI is InChI=1S/C26H28ClN7O2/c1-28-25(35)24-15-20(7-8-29-24)36-19-4-6-22-23(14-19)32-26(31-22)30-18-3-5-21(27)17(13-18)16-34-11-9-33(2)10-12-34/h3-8,13-15H,9-12,16H2,1-2H3,(H,28,35)(H2,30,31,32). The third-order valence-corrected chi connectivity index (χ3v) is 6.55. The average molecular weight is 506 g/mol. The second-order valence-electron chi connectivity index (χ2n) is 8.83. The summed E-state index contributed by atoms with van der Waals surface area (Å²) in [5.74, 6) is 1.48. The number of rotatable bonds is 7. The number of nitrogens with one attached hydrogen (secondary N) is 3. The summed E-state index contributed by atoms with van der Waals surface area (Å²) >= 11 is 6.50. The number of carbonyl (C=O) groups excluding carboxylic acids is 1. The van der Waals surface area contributed by atoms with Crippen molar-refractivity contribution in [3.05, 3.63) is 71.0 Å². The van der Waals surface area contributed by atoms with Gasteiger partial charge >= 0.3 is 0 Å². The predicted molar refractivity (Wildman–Crippen MR) is 141 cm³/mol. The van der Waals surface area contributed by atoms with Gasteiger partial charge in [-0.25, -0.2) is 4.98 Å². The third-order valence-electron chi connectivity index (χ3n) is 6.18. The van der Waals surface area contributed by atoms with Crippen LogP contribution in [0.3, 0.4) is 0 Å². The Morgan fingerprint density at radius 1 is 1.08 bits per heavy atom. The van der Waals surface area contributed by atoms with Crippen molar-refractivity contribution < 1.29 is 9.53 Å². The molecule has 1 aliphatic heterocycles. The van der Waals surface area contributed by atoms with Gasteiger partial charge in [0.2, 0.25) is 5.95 Å². The number of hydrogen-bond donors (Lipinski definition) is 3. The SMILES string of the molecule is CNC(=O)c1cc(Oc2ccc3[nH]c(Nc4ccc(Cl)c(CN5CCN(C)CC5)c4)nc3c2)ccn1. The molecule has 9 nitrogen and oxygen atoms in total. The molecule has 5 rings (SSSR count). The summed E-state index contributed by atoms with van der Waals surface area (Å²) in [5, 5.41) is 6.68. The lowest BCUT2D eigenvalue weighted by Gasteiger charge is -2.32. The molecule has 3 N–H and O–H groups in total. The van der Waals surface area contributed by atoms with Crippen molar-refractivity contribution in [1.29, 1.82) is 0 Å². The zero-order chi connectivity index (χ0) is 25.1. The molecule has 1 fully saturated rings. The number of hydrogen-bond acceptors (Lipinski definition) is 7. The fraction of sp³-hybridized carbons (Fsp3) is 0.269. The molecule has 2 aromatic carbocycles. The van der Waals surface area contributed by atoms with E-state index in [9.17, 15) is 4.79 Å². The molecule has 10 heteroatoms. The quantitative estimate of drug-likeness (QED) is 0.345. The Kier molecular flexibility index (Phi) is 7.04. The number of amides is 1. The number of aromatic nitrogens is 3. The Balaban J connectivity index is 1.29. The van der Waals surface area contributed by atoms with Crippen molar-refractivity contribution in [2.45, 2.75) is 6.54 Å². The van der Waals surface area contributed by atoms with Gasteiger partial charge in [0.1, 0.15) is 17.2 Å². The van der Waals surface area contributed by atoms with E-state index < -0.39 is 0 Å². The fourth-order valence-electron chi connectivity index (χ4n) is 4.13. The largest absolute Gasteiger partial charge is 0.457 e. The maximum atomic E-state index is 11.8. The Morgan fingerprint density at radius 3 is 2.69 bits per heavy atom. The molecule has 0 bridgehead atoms. The maximum absolute atomic E-state index is 11.8. The van der Waals surface area contributed by atoms with Gasteiger partial charge in [-0.1, -0.05) is 11.6 Å². The number of pyridine rings is 1. The number of H-pyrrole nitrogens is 1. The molecule has 3 heterocycles. The number of likely N-dealkylation sites (N-methyl/N-ethyl adjacent to an activating group) is 1. The summed E-state index contributed by atoms with van der Waals surface area (Å²) in [4.78, 5) is 28.6. The number of ether oxygens (including phenoxy) is 1. The molecule has 0 unspecified atom stereocenters. The number of piperazine rings is 1. The molecule has 1 amide bonds. The molecule has 1 saturated heterocycles. The second-order valence-corrected chi connectivity index (χ2v) is 9.24. The Labute approximate surface area is 214 Å². The molecule has 0 spiro atoms. The van der Waals surface area contributed by atoms with E-state index in [-0.39, 0.29) is 11.6 Å². The summed E-state index contributed by atoms with van der Waals surface area (Å²) in [6.45, 7) is 5.02. The average Bonchev–Trinajstić information content (AvgIpc) is 3.28. The smallest absolute Gasteiger partial charge is 0.269 e. The van der Waals surface area contributed by atoms with Gasteiger partial charge in [0.25, 0.3) is 5.91 Å². The van der Waals surface area contributed by atoms with Crippen LogP contribution in [0.2, 0.25) is 5.02 Å². The highest BCUT2D eigenvalue weighted by atomic mass is 35.5. The van der Waals surface area contributed by atoms with Crippen LogP contribution in [0.5, 0.6) is 11.5 Å². The first-order valence-electron chi connectivity index (χ1n) is 11.8. The Hall–Kier alpha value is -3.66. The van der Waals surface area contributed by atoms with E-state index in [0.717, 1.165) is 60.0 Å². The lowest BCUT2D eigenvalue weighted by atomic mass is 10.1. The molecule has 0 atom stereocenters. The molecule has 186 valence electrons. The first-order valence-corrected chi connectivity index (χ1v) is 12.2. The number of imidazole rings is 1. The molecule has 36 heavy (non-hydrogen) atoms. The van der Waals surface area contributed by atoms with E-state index in [2.05, 4.69) is 48.5 Å². The topological polar surface area (TPSA) is 98.4 Å². The van der Waals surface area contributed by atoms with Gasteiger partial charge in [0.15, 0.2) is 0 Å². The number of carbonyl (C=O) groups is 1. The van der Waals surface area contributed by atoms with Crippen molar-refractivity contribution in [3.63, 3.8) is 0 Å². The van der Waals surface area contributed by atoms with Crippen LogP contribution in [0, 0.1) is 0 Å². The van der Waals surface area contributed by atoms with Crippen molar-refractivity contribution >= 4 is 40.2 Å². The van der Waals surface area contributed by atoms with Crippen LogP contribution in [-0.2, 0) is 6.54 Å². The van der Waals surface area contributed by atoms with Crippen LogP contribution in [0.4, 0.5) is 11.6 Å². The summed E-state index contributed by atoms with van der Waals surface area (Å²) in [7, 11) is 3.71. The maximum Gasteiger partial charge on any atom is 0.269 e. The van der Waals surface area contributed by atoms with E-state index in [1.807, 2.05) is 30.3 Å². The van der Waals surface area contributed by atoms with Crippen LogP contribution >= 0.6 is 11.6 Å². The summed E-state index contributed by atoms with van der Waals surface area (Å²) < 4.78 is 5.94. The zero-order valence-corrected chi connectivity index (χ0v) is 21.0. The number of halogens is 1. The Bertz CT molecular complexity index is 1380. The summed E-state index contributed by atoms with van der Waals surface area (Å²) in [5.41, 5.74) is 3.92. The Morgan fingerprint density at radius 2 is 1.89 bits per heavy atom. The first kappa shape index (κ1) is 24.1. The van der Waals surface area contributed by atoms with Crippen molar-refractivity contribution in [3.8, 4) is 11.5 Å². The number of nitrogens with zero attached hydrogens (tertiary/aromatic N) is 4. The lowest BCUT2D eigenvalue weighted by molar-refractivity contribution is 0.0958. The minimum atomic E-state index is -0.271. The van der Waals surface area contributed by atoms with Gasteiger partial charge < -0.3 is 25.3 Å². The predicted octanol–water partition coefficient (Wildman–Crippen LogP) is 4.25. The first-order chi connectivity index (χ1) is 17.5. The van der Waals surface area contributed by atoms with Crippen LogP contribution in [0.15, 0.2) is 54.7 Å². The third kappa shape index (κ3) is 5.59. The summed E-state index contributed by atoms with van der Waals surface area (Å²) in [6, 6.07) is 14.9. The van der Waals surface area contributed by atoms with Crippen molar-refractivity contribution in [1.82, 2.24) is 30.1 Å². The second kappa shape index (κ2) is 10.5. The van der Waals surface area contributed by atoms with Crippen LogP contribution in [-0.4, -0.2) is 70.9 Å². The van der Waals surface area contributed by atoms with Crippen molar-refractivity contribution in [2.24, 2.45) is 0 Å². The highest BCUT2D eigenvalue weighted by molar-refractivity contribution is 6.31. The number of anilines is 2. The highest BCUT2D eigenvalue weighted by Gasteiger charge is 2.16. The normalized spacial score (nSPS) is 14.6. The zero-order valence-electron chi connectivity index (χ0n) is 20.2. The van der Waals surface area contributed by atoms with E-state index >= 15 is 0 Å². The van der Waals surface area contributed by atoms with Crippen LogP contribution in [0.1, 0.15) is 16.1 Å². The van der Waals surface area contributed by atoms with Gasteiger partial charge in [-0.05, 0) is 49.0 Å². The van der Waals surface area contributed by atoms with Gasteiger partial charge in [0, 0.05) is 68.8 Å². The number of aromatic amines is 1. The van der Waals surface area contributed by atoms with Crippen LogP contribution < -0.4 is 15.4 Å². The molecule has 0 saturated carbocycles. The van der Waals surface area contributed by atoms with Crippen LogP contribution in [0.25, 0.3) is 11.0 Å². The molecule has 0 radical (unpaired) electrons. The van der Waals surface area contributed by atoms with Gasteiger partial charge in [-0.3, -0.25) is 14.7 Å². The van der Waals surface area contributed by atoms with Gasteiger partial charge in [0.05, 0.1) is 11.0 Å². The fourth-order valence-corrected chi connectivity index (χ4v) is 4.31. The number of fused-ring (bicyclic) bond motifs is 1. The molecule has 4 aromatic rings. The molecular formula is C26H28ClN7O2.